The van der Waals surface area contributed by atoms with E-state index in [-0.39, 0.29) is 6.04 Å². The molecule has 0 aliphatic rings. The minimum absolute atomic E-state index is 0.123. The van der Waals surface area contributed by atoms with E-state index >= 15 is 0 Å². The summed E-state index contributed by atoms with van der Waals surface area (Å²) in [5.74, 6) is 1.24. The lowest BCUT2D eigenvalue weighted by atomic mass is 10.0. The minimum atomic E-state index is -0.123. The van der Waals surface area contributed by atoms with E-state index in [4.69, 9.17) is 10.3 Å². The lowest BCUT2D eigenvalue weighted by Gasteiger charge is -2.03. The molecular formula is C15H21N3O. The van der Waals surface area contributed by atoms with Crippen molar-refractivity contribution < 1.29 is 4.52 Å². The summed E-state index contributed by atoms with van der Waals surface area (Å²) in [6, 6.07) is 6.25. The molecule has 1 atom stereocenters. The van der Waals surface area contributed by atoms with Crippen LogP contribution in [0.5, 0.6) is 0 Å². The molecule has 1 unspecified atom stereocenters. The van der Waals surface area contributed by atoms with Crippen LogP contribution >= 0.6 is 0 Å². The van der Waals surface area contributed by atoms with Gasteiger partial charge in [0.25, 0.3) is 0 Å². The summed E-state index contributed by atoms with van der Waals surface area (Å²) in [5, 5.41) is 3.96. The Balaban J connectivity index is 2.09. The molecular weight excluding hydrogens is 238 g/mol. The third kappa shape index (κ3) is 3.41. The van der Waals surface area contributed by atoms with Crippen molar-refractivity contribution in [2.75, 3.05) is 0 Å². The molecule has 0 fully saturated rings. The smallest absolute Gasteiger partial charge is 0.231 e. The zero-order chi connectivity index (χ0) is 13.8. The third-order valence-corrected chi connectivity index (χ3v) is 3.34. The molecule has 2 rings (SSSR count). The van der Waals surface area contributed by atoms with Crippen molar-refractivity contribution >= 4 is 0 Å². The maximum Gasteiger partial charge on any atom is 0.231 e. The summed E-state index contributed by atoms with van der Waals surface area (Å²) in [6.07, 6.45) is 2.55. The van der Waals surface area contributed by atoms with E-state index < -0.39 is 0 Å². The van der Waals surface area contributed by atoms with Gasteiger partial charge < -0.3 is 10.3 Å². The predicted molar refractivity (Wildman–Crippen MR) is 74.9 cm³/mol. The fourth-order valence-electron chi connectivity index (χ4n) is 2.02. The molecule has 2 N–H and O–H groups in total. The Morgan fingerprint density at radius 2 is 2.05 bits per heavy atom. The van der Waals surface area contributed by atoms with E-state index in [1.165, 1.54) is 16.7 Å². The Labute approximate surface area is 114 Å². The molecule has 19 heavy (non-hydrogen) atoms. The van der Waals surface area contributed by atoms with Crippen molar-refractivity contribution in [3.05, 3.63) is 46.6 Å². The molecule has 2 aromatic rings. The first kappa shape index (κ1) is 13.7. The molecule has 0 spiro atoms. The number of benzene rings is 1. The first-order chi connectivity index (χ1) is 9.10. The Morgan fingerprint density at radius 1 is 1.26 bits per heavy atom. The number of hydrogen-bond acceptors (Lipinski definition) is 4. The first-order valence-electron chi connectivity index (χ1n) is 6.74. The average Bonchev–Trinajstić information content (AvgIpc) is 2.83. The molecule has 1 aromatic heterocycles. The van der Waals surface area contributed by atoms with Crippen LogP contribution < -0.4 is 5.73 Å². The Morgan fingerprint density at radius 3 is 2.74 bits per heavy atom. The molecule has 0 saturated carbocycles. The number of nitrogens with zero attached hydrogens (tertiary/aromatic N) is 2. The van der Waals surface area contributed by atoms with E-state index in [0.29, 0.717) is 18.1 Å². The van der Waals surface area contributed by atoms with E-state index in [1.54, 1.807) is 0 Å². The zero-order valence-corrected chi connectivity index (χ0v) is 11.8. The van der Waals surface area contributed by atoms with Gasteiger partial charge in [-0.1, -0.05) is 36.7 Å². The number of nitrogens with two attached hydrogens (primary N) is 1. The van der Waals surface area contributed by atoms with Crippen LogP contribution in [0.3, 0.4) is 0 Å². The van der Waals surface area contributed by atoms with Crippen molar-refractivity contribution in [2.24, 2.45) is 5.73 Å². The Hall–Kier alpha value is -1.68. The van der Waals surface area contributed by atoms with Gasteiger partial charge in [0.05, 0.1) is 12.5 Å². The quantitative estimate of drug-likeness (QED) is 0.896. The van der Waals surface area contributed by atoms with Crippen LogP contribution in [0.2, 0.25) is 0 Å². The Bertz CT molecular complexity index is 548. The standard InChI is InChI=1S/C15H21N3O/c1-4-5-13(16)15-17-14(19-18-15)9-12-7-6-10(2)11(3)8-12/h6-8,13H,4-5,9,16H2,1-3H3. The summed E-state index contributed by atoms with van der Waals surface area (Å²) >= 11 is 0. The second-order valence-corrected chi connectivity index (χ2v) is 5.04. The van der Waals surface area contributed by atoms with Crippen LogP contribution in [0.1, 0.15) is 54.2 Å². The minimum Gasteiger partial charge on any atom is -0.339 e. The SMILES string of the molecule is CCCC(N)c1noc(Cc2ccc(C)c(C)c2)n1. The van der Waals surface area contributed by atoms with Crippen LogP contribution in [0, 0.1) is 13.8 Å². The van der Waals surface area contributed by atoms with Crippen molar-refractivity contribution in [3.8, 4) is 0 Å². The number of aryl methyl sites for hydroxylation is 2. The molecule has 0 bridgehead atoms. The topological polar surface area (TPSA) is 64.9 Å². The highest BCUT2D eigenvalue weighted by atomic mass is 16.5. The van der Waals surface area contributed by atoms with Gasteiger partial charge in [-0.2, -0.15) is 4.98 Å². The predicted octanol–water partition coefficient (Wildman–Crippen LogP) is 3.08. The van der Waals surface area contributed by atoms with Gasteiger partial charge in [0.15, 0.2) is 5.82 Å². The van der Waals surface area contributed by atoms with Gasteiger partial charge in [-0.3, -0.25) is 0 Å². The van der Waals surface area contributed by atoms with Gasteiger partial charge in [0.1, 0.15) is 0 Å². The highest BCUT2D eigenvalue weighted by Gasteiger charge is 2.13. The maximum atomic E-state index is 5.97. The second kappa shape index (κ2) is 5.97. The summed E-state index contributed by atoms with van der Waals surface area (Å²) in [4.78, 5) is 4.37. The lowest BCUT2D eigenvalue weighted by Crippen LogP contribution is -2.11. The highest BCUT2D eigenvalue weighted by Crippen LogP contribution is 2.16. The van der Waals surface area contributed by atoms with Gasteiger partial charge >= 0.3 is 0 Å². The summed E-state index contributed by atoms with van der Waals surface area (Å²) in [7, 11) is 0. The van der Waals surface area contributed by atoms with Crippen molar-refractivity contribution in [2.45, 2.75) is 46.1 Å². The molecule has 1 aromatic carbocycles. The first-order valence-corrected chi connectivity index (χ1v) is 6.74. The average molecular weight is 259 g/mol. The summed E-state index contributed by atoms with van der Waals surface area (Å²) in [5.41, 5.74) is 9.72. The fraction of sp³-hybridized carbons (Fsp3) is 0.467. The molecule has 0 aliphatic heterocycles. The molecule has 4 nitrogen and oxygen atoms in total. The number of aromatic nitrogens is 2. The zero-order valence-electron chi connectivity index (χ0n) is 11.8. The molecule has 0 amide bonds. The largest absolute Gasteiger partial charge is 0.339 e. The third-order valence-electron chi connectivity index (χ3n) is 3.34. The van der Waals surface area contributed by atoms with Crippen molar-refractivity contribution in [3.63, 3.8) is 0 Å². The highest BCUT2D eigenvalue weighted by molar-refractivity contribution is 5.31. The van der Waals surface area contributed by atoms with E-state index in [0.717, 1.165) is 12.8 Å². The molecule has 1 heterocycles. The van der Waals surface area contributed by atoms with E-state index in [1.807, 2.05) is 0 Å². The Kier molecular flexibility index (Phi) is 4.32. The van der Waals surface area contributed by atoms with E-state index in [2.05, 4.69) is 49.1 Å². The van der Waals surface area contributed by atoms with Gasteiger partial charge in [-0.25, -0.2) is 0 Å². The number of rotatable bonds is 5. The molecule has 0 aliphatic carbocycles. The monoisotopic (exact) mass is 259 g/mol. The number of hydrogen-bond donors (Lipinski definition) is 1. The van der Waals surface area contributed by atoms with Crippen LogP contribution in [-0.2, 0) is 6.42 Å². The van der Waals surface area contributed by atoms with Gasteiger partial charge in [-0.05, 0) is 37.0 Å². The summed E-state index contributed by atoms with van der Waals surface area (Å²) in [6.45, 7) is 6.30. The second-order valence-electron chi connectivity index (χ2n) is 5.04. The normalized spacial score (nSPS) is 12.6. The van der Waals surface area contributed by atoms with E-state index in [9.17, 15) is 0 Å². The molecule has 102 valence electrons. The van der Waals surface area contributed by atoms with Crippen LogP contribution in [0.15, 0.2) is 22.7 Å². The van der Waals surface area contributed by atoms with Crippen molar-refractivity contribution in [1.29, 1.82) is 0 Å². The van der Waals surface area contributed by atoms with Gasteiger partial charge in [0.2, 0.25) is 5.89 Å². The van der Waals surface area contributed by atoms with Crippen molar-refractivity contribution in [1.82, 2.24) is 10.1 Å². The fourth-order valence-corrected chi connectivity index (χ4v) is 2.02. The molecule has 0 radical (unpaired) electrons. The van der Waals surface area contributed by atoms with Crippen LogP contribution in [0.25, 0.3) is 0 Å². The molecule has 0 saturated heterocycles. The van der Waals surface area contributed by atoms with Crippen LogP contribution in [-0.4, -0.2) is 10.1 Å². The summed E-state index contributed by atoms with van der Waals surface area (Å²) < 4.78 is 5.27. The van der Waals surface area contributed by atoms with Gasteiger partial charge in [-0.15, -0.1) is 0 Å². The van der Waals surface area contributed by atoms with Gasteiger partial charge in [0, 0.05) is 0 Å². The maximum absolute atomic E-state index is 5.97. The molecule has 4 heteroatoms. The lowest BCUT2D eigenvalue weighted by molar-refractivity contribution is 0.374. The van der Waals surface area contributed by atoms with Crippen LogP contribution in [0.4, 0.5) is 0 Å².